The number of nitrogens with one attached hydrogen (secondary N) is 1. The Bertz CT molecular complexity index is 468. The molecule has 2 nitrogen and oxygen atoms in total. The molecular formula is C12H11F4NO. The van der Waals surface area contributed by atoms with Gasteiger partial charge in [-0.3, -0.25) is 4.79 Å². The second kappa shape index (κ2) is 5.20. The van der Waals surface area contributed by atoms with E-state index >= 15 is 0 Å². The summed E-state index contributed by atoms with van der Waals surface area (Å²) in [5, 5.41) is 2.30. The maximum atomic E-state index is 13.6. The van der Waals surface area contributed by atoms with Crippen molar-refractivity contribution < 1.29 is 22.4 Å². The molecule has 0 aliphatic heterocycles. The Kier molecular flexibility index (Phi) is 4.11. The summed E-state index contributed by atoms with van der Waals surface area (Å²) in [6.45, 7) is 4.96. The van der Waals surface area contributed by atoms with Gasteiger partial charge < -0.3 is 5.32 Å². The van der Waals surface area contributed by atoms with Crippen molar-refractivity contribution in [3.63, 3.8) is 0 Å². The molecule has 0 saturated heterocycles. The van der Waals surface area contributed by atoms with E-state index < -0.39 is 35.1 Å². The van der Waals surface area contributed by atoms with Gasteiger partial charge in [-0.25, -0.2) is 4.39 Å². The number of alkyl halides is 3. The van der Waals surface area contributed by atoms with Gasteiger partial charge in [-0.2, -0.15) is 13.2 Å². The van der Waals surface area contributed by atoms with Crippen LogP contribution in [0.25, 0.3) is 0 Å². The summed E-state index contributed by atoms with van der Waals surface area (Å²) in [4.78, 5) is 11.5. The van der Waals surface area contributed by atoms with Crippen LogP contribution < -0.4 is 5.32 Å². The van der Waals surface area contributed by atoms with Crippen molar-refractivity contribution in [2.75, 3.05) is 0 Å². The van der Waals surface area contributed by atoms with Crippen molar-refractivity contribution in [1.29, 1.82) is 0 Å². The minimum atomic E-state index is -4.83. The predicted molar refractivity (Wildman–Crippen MR) is 58.5 cm³/mol. The van der Waals surface area contributed by atoms with Crippen molar-refractivity contribution in [2.45, 2.75) is 19.1 Å². The lowest BCUT2D eigenvalue weighted by atomic mass is 10.1. The topological polar surface area (TPSA) is 29.1 Å². The summed E-state index contributed by atoms with van der Waals surface area (Å²) in [5.74, 6) is -2.48. The molecule has 18 heavy (non-hydrogen) atoms. The molecule has 1 atom stereocenters. The fourth-order valence-electron chi connectivity index (χ4n) is 1.27. The largest absolute Gasteiger partial charge is 0.419 e. The van der Waals surface area contributed by atoms with Crippen molar-refractivity contribution >= 4 is 5.91 Å². The molecule has 1 aromatic carbocycles. The molecule has 0 bridgehead atoms. The van der Waals surface area contributed by atoms with Crippen LogP contribution in [0.2, 0.25) is 0 Å². The van der Waals surface area contributed by atoms with Crippen LogP contribution in [0.3, 0.4) is 0 Å². The van der Waals surface area contributed by atoms with Crippen LogP contribution in [0.5, 0.6) is 0 Å². The van der Waals surface area contributed by atoms with Gasteiger partial charge in [0.25, 0.3) is 5.91 Å². The van der Waals surface area contributed by atoms with Gasteiger partial charge in [0.05, 0.1) is 11.1 Å². The van der Waals surface area contributed by atoms with Gasteiger partial charge >= 0.3 is 6.18 Å². The minimum absolute atomic E-state index is 0.466. The molecule has 0 heterocycles. The summed E-state index contributed by atoms with van der Waals surface area (Å²) in [7, 11) is 0. The van der Waals surface area contributed by atoms with Crippen LogP contribution in [0, 0.1) is 5.82 Å². The summed E-state index contributed by atoms with van der Waals surface area (Å²) >= 11 is 0. The number of rotatable bonds is 3. The summed E-state index contributed by atoms with van der Waals surface area (Å²) in [6, 6.07) is 2.10. The zero-order chi connectivity index (χ0) is 13.9. The second-order valence-corrected chi connectivity index (χ2v) is 3.66. The molecule has 1 amide bonds. The zero-order valence-electron chi connectivity index (χ0n) is 9.51. The number of benzene rings is 1. The van der Waals surface area contributed by atoms with Gasteiger partial charge in [0.15, 0.2) is 0 Å². The van der Waals surface area contributed by atoms with Crippen molar-refractivity contribution in [2.24, 2.45) is 0 Å². The molecule has 0 spiro atoms. The standard InChI is InChI=1S/C12H11F4NO/c1-3-7(2)17-11(18)8-5-4-6-9(10(8)13)12(14,15)16/h3-7H,1H2,2H3,(H,17,18). The van der Waals surface area contributed by atoms with E-state index in [9.17, 15) is 22.4 Å². The van der Waals surface area contributed by atoms with E-state index in [1.54, 1.807) is 6.92 Å². The number of amides is 1. The van der Waals surface area contributed by atoms with Gasteiger partial charge in [-0.05, 0) is 19.1 Å². The number of hydrogen-bond acceptors (Lipinski definition) is 1. The Morgan fingerprint density at radius 1 is 1.44 bits per heavy atom. The van der Waals surface area contributed by atoms with Gasteiger partial charge in [0, 0.05) is 6.04 Å². The molecule has 1 rings (SSSR count). The lowest BCUT2D eigenvalue weighted by molar-refractivity contribution is -0.140. The quantitative estimate of drug-likeness (QED) is 0.657. The first-order chi connectivity index (χ1) is 8.27. The number of halogens is 4. The summed E-state index contributed by atoms with van der Waals surface area (Å²) in [5.41, 5.74) is -2.10. The van der Waals surface area contributed by atoms with E-state index in [4.69, 9.17) is 0 Å². The van der Waals surface area contributed by atoms with Gasteiger partial charge in [0.2, 0.25) is 0 Å². The maximum absolute atomic E-state index is 13.6. The van der Waals surface area contributed by atoms with Gasteiger partial charge in [-0.1, -0.05) is 12.1 Å². The van der Waals surface area contributed by atoms with Crippen LogP contribution in [0.4, 0.5) is 17.6 Å². The van der Waals surface area contributed by atoms with Crippen LogP contribution >= 0.6 is 0 Å². The molecule has 6 heteroatoms. The van der Waals surface area contributed by atoms with E-state index in [1.807, 2.05) is 0 Å². The molecule has 0 radical (unpaired) electrons. The van der Waals surface area contributed by atoms with Gasteiger partial charge in [0.1, 0.15) is 5.82 Å². The maximum Gasteiger partial charge on any atom is 0.419 e. The molecule has 0 saturated carbocycles. The SMILES string of the molecule is C=CC(C)NC(=O)c1cccc(C(F)(F)F)c1F. The predicted octanol–water partition coefficient (Wildman–Crippen LogP) is 3.15. The smallest absolute Gasteiger partial charge is 0.346 e. The molecule has 0 aliphatic rings. The second-order valence-electron chi connectivity index (χ2n) is 3.66. The van der Waals surface area contributed by atoms with E-state index in [1.165, 1.54) is 6.08 Å². The fraction of sp³-hybridized carbons (Fsp3) is 0.250. The number of carbonyl (C=O) groups excluding carboxylic acids is 1. The third-order valence-corrected chi connectivity index (χ3v) is 2.26. The third-order valence-electron chi connectivity index (χ3n) is 2.26. The van der Waals surface area contributed by atoms with Crippen molar-refractivity contribution in [3.8, 4) is 0 Å². The molecule has 1 unspecified atom stereocenters. The van der Waals surface area contributed by atoms with E-state index in [0.29, 0.717) is 6.07 Å². The average Bonchev–Trinajstić information content (AvgIpc) is 2.27. The Balaban J connectivity index is 3.11. The monoisotopic (exact) mass is 261 g/mol. The Morgan fingerprint density at radius 3 is 2.56 bits per heavy atom. The molecule has 0 aromatic heterocycles. The molecule has 0 aliphatic carbocycles. The van der Waals surface area contributed by atoms with E-state index in [2.05, 4.69) is 11.9 Å². The summed E-state index contributed by atoms with van der Waals surface area (Å²) in [6.07, 6.45) is -3.45. The highest BCUT2D eigenvalue weighted by Gasteiger charge is 2.35. The number of hydrogen-bond donors (Lipinski definition) is 1. The third kappa shape index (κ3) is 3.09. The lowest BCUT2D eigenvalue weighted by Crippen LogP contribution is -2.32. The first-order valence-corrected chi connectivity index (χ1v) is 5.06. The van der Waals surface area contributed by atoms with E-state index in [-0.39, 0.29) is 0 Å². The lowest BCUT2D eigenvalue weighted by Gasteiger charge is -2.13. The fourth-order valence-corrected chi connectivity index (χ4v) is 1.27. The van der Waals surface area contributed by atoms with E-state index in [0.717, 1.165) is 12.1 Å². The highest BCUT2D eigenvalue weighted by Crippen LogP contribution is 2.32. The number of carbonyl (C=O) groups is 1. The van der Waals surface area contributed by atoms with Crippen molar-refractivity contribution in [3.05, 3.63) is 47.8 Å². The molecule has 98 valence electrons. The zero-order valence-corrected chi connectivity index (χ0v) is 9.51. The highest BCUT2D eigenvalue weighted by molar-refractivity contribution is 5.95. The van der Waals surface area contributed by atoms with Crippen LogP contribution in [0.1, 0.15) is 22.8 Å². The van der Waals surface area contributed by atoms with Gasteiger partial charge in [-0.15, -0.1) is 6.58 Å². The Labute approximate surface area is 101 Å². The highest BCUT2D eigenvalue weighted by atomic mass is 19.4. The minimum Gasteiger partial charge on any atom is -0.346 e. The Hall–Kier alpha value is -1.85. The summed E-state index contributed by atoms with van der Waals surface area (Å²) < 4.78 is 50.9. The van der Waals surface area contributed by atoms with Crippen LogP contribution in [0.15, 0.2) is 30.9 Å². The molecular weight excluding hydrogens is 250 g/mol. The normalized spacial score (nSPS) is 12.9. The first kappa shape index (κ1) is 14.2. The average molecular weight is 261 g/mol. The van der Waals surface area contributed by atoms with Crippen molar-refractivity contribution in [1.82, 2.24) is 5.32 Å². The Morgan fingerprint density at radius 2 is 2.06 bits per heavy atom. The van der Waals surface area contributed by atoms with Crippen LogP contribution in [-0.2, 0) is 6.18 Å². The van der Waals surface area contributed by atoms with Crippen LogP contribution in [-0.4, -0.2) is 11.9 Å². The molecule has 1 aromatic rings. The molecule has 0 fully saturated rings. The molecule has 1 N–H and O–H groups in total. The first-order valence-electron chi connectivity index (χ1n) is 5.06.